The molecule has 1 saturated heterocycles. The molecule has 0 aromatic carbocycles. The van der Waals surface area contributed by atoms with E-state index in [2.05, 4.69) is 5.10 Å². The van der Waals surface area contributed by atoms with Crippen molar-refractivity contribution >= 4 is 5.97 Å². The third kappa shape index (κ3) is 1.71. The summed E-state index contributed by atoms with van der Waals surface area (Å²) in [6.07, 6.45) is 4.55. The molecule has 1 aromatic rings. The topological polar surface area (TPSA) is 64.4 Å². The van der Waals surface area contributed by atoms with E-state index in [0.717, 1.165) is 12.1 Å². The number of hydrogen-bond acceptors (Lipinski definition) is 3. The van der Waals surface area contributed by atoms with Crippen LogP contribution in [0.2, 0.25) is 0 Å². The molecule has 0 spiro atoms. The standard InChI is InChI=1S/C11H16N2O3/c1-2-13-8-9(7-12-13)11(10(14)15)3-5-16-6-4-11/h7-8H,2-6H2,1H3,(H,14,15). The summed E-state index contributed by atoms with van der Waals surface area (Å²) in [6, 6.07) is 0. The van der Waals surface area contributed by atoms with Gasteiger partial charge in [-0.15, -0.1) is 0 Å². The molecule has 1 aliphatic rings. The summed E-state index contributed by atoms with van der Waals surface area (Å²) in [7, 11) is 0. The number of aliphatic carboxylic acids is 1. The van der Waals surface area contributed by atoms with Crippen molar-refractivity contribution < 1.29 is 14.6 Å². The zero-order chi connectivity index (χ0) is 11.6. The lowest BCUT2D eigenvalue weighted by Crippen LogP contribution is -2.41. The van der Waals surface area contributed by atoms with Crippen molar-refractivity contribution in [3.05, 3.63) is 18.0 Å². The van der Waals surface area contributed by atoms with Crippen LogP contribution < -0.4 is 0 Å². The second kappa shape index (κ2) is 4.25. The Balaban J connectivity index is 2.34. The zero-order valence-corrected chi connectivity index (χ0v) is 9.35. The fraction of sp³-hybridized carbons (Fsp3) is 0.636. The summed E-state index contributed by atoms with van der Waals surface area (Å²) in [5.74, 6) is -0.772. The van der Waals surface area contributed by atoms with Crippen molar-refractivity contribution in [1.29, 1.82) is 0 Å². The van der Waals surface area contributed by atoms with Crippen LogP contribution in [0.1, 0.15) is 25.3 Å². The number of ether oxygens (including phenoxy) is 1. The second-order valence-corrected chi connectivity index (χ2v) is 4.08. The monoisotopic (exact) mass is 224 g/mol. The highest BCUT2D eigenvalue weighted by Gasteiger charge is 2.42. The molecule has 0 radical (unpaired) electrons. The highest BCUT2D eigenvalue weighted by Crippen LogP contribution is 2.34. The number of carbonyl (C=O) groups is 1. The minimum Gasteiger partial charge on any atom is -0.481 e. The number of rotatable bonds is 3. The minimum absolute atomic E-state index is 0.504. The molecule has 0 aliphatic carbocycles. The smallest absolute Gasteiger partial charge is 0.314 e. The van der Waals surface area contributed by atoms with E-state index >= 15 is 0 Å². The van der Waals surface area contributed by atoms with Crippen LogP contribution in [-0.2, 0) is 21.5 Å². The van der Waals surface area contributed by atoms with Crippen LogP contribution in [0.3, 0.4) is 0 Å². The normalized spacial score (nSPS) is 19.6. The lowest BCUT2D eigenvalue weighted by atomic mass is 9.75. The van der Waals surface area contributed by atoms with E-state index in [0.29, 0.717) is 26.1 Å². The Morgan fingerprint density at radius 1 is 1.62 bits per heavy atom. The Bertz CT molecular complexity index is 380. The van der Waals surface area contributed by atoms with Crippen LogP contribution in [-0.4, -0.2) is 34.1 Å². The Morgan fingerprint density at radius 2 is 2.31 bits per heavy atom. The molecular formula is C11H16N2O3. The molecule has 0 saturated carbocycles. The molecule has 88 valence electrons. The Kier molecular flexibility index (Phi) is 2.96. The summed E-state index contributed by atoms with van der Waals surface area (Å²) in [5, 5.41) is 13.6. The average Bonchev–Trinajstić information content (AvgIpc) is 2.78. The SMILES string of the molecule is CCn1cc(C2(C(=O)O)CCOCC2)cn1. The molecule has 2 heterocycles. The number of carboxylic acid groups (broad SMARTS) is 1. The third-order valence-corrected chi connectivity index (χ3v) is 3.27. The van der Waals surface area contributed by atoms with E-state index in [4.69, 9.17) is 4.74 Å². The molecule has 16 heavy (non-hydrogen) atoms. The van der Waals surface area contributed by atoms with Gasteiger partial charge in [0.2, 0.25) is 0 Å². The maximum atomic E-state index is 11.5. The summed E-state index contributed by atoms with van der Waals surface area (Å²) in [6.45, 7) is 3.74. The third-order valence-electron chi connectivity index (χ3n) is 3.27. The van der Waals surface area contributed by atoms with Crippen molar-refractivity contribution in [3.8, 4) is 0 Å². The first-order valence-corrected chi connectivity index (χ1v) is 5.53. The van der Waals surface area contributed by atoms with Crippen LogP contribution in [0.25, 0.3) is 0 Å². The first-order valence-electron chi connectivity index (χ1n) is 5.53. The molecule has 0 unspecified atom stereocenters. The summed E-state index contributed by atoms with van der Waals surface area (Å²) in [5.41, 5.74) is -0.00350. The number of nitrogens with zero attached hydrogens (tertiary/aromatic N) is 2. The minimum atomic E-state index is -0.800. The largest absolute Gasteiger partial charge is 0.481 e. The van der Waals surface area contributed by atoms with E-state index < -0.39 is 11.4 Å². The van der Waals surface area contributed by atoms with Gasteiger partial charge in [-0.1, -0.05) is 0 Å². The molecule has 5 nitrogen and oxygen atoms in total. The van der Waals surface area contributed by atoms with Gasteiger partial charge in [-0.05, 0) is 19.8 Å². The zero-order valence-electron chi connectivity index (χ0n) is 9.35. The van der Waals surface area contributed by atoms with Crippen molar-refractivity contribution in [3.63, 3.8) is 0 Å². The number of aromatic nitrogens is 2. The fourth-order valence-electron chi connectivity index (χ4n) is 2.13. The molecule has 1 aromatic heterocycles. The Hall–Kier alpha value is -1.36. The summed E-state index contributed by atoms with van der Waals surface area (Å²) >= 11 is 0. The number of hydrogen-bond donors (Lipinski definition) is 1. The van der Waals surface area contributed by atoms with Gasteiger partial charge in [0, 0.05) is 31.5 Å². The van der Waals surface area contributed by atoms with E-state index in [9.17, 15) is 9.90 Å². The van der Waals surface area contributed by atoms with Gasteiger partial charge in [0.15, 0.2) is 0 Å². The van der Waals surface area contributed by atoms with Crippen molar-refractivity contribution in [2.75, 3.05) is 13.2 Å². The van der Waals surface area contributed by atoms with Crippen molar-refractivity contribution in [2.24, 2.45) is 0 Å². The quantitative estimate of drug-likeness (QED) is 0.833. The van der Waals surface area contributed by atoms with Gasteiger partial charge in [-0.25, -0.2) is 0 Å². The predicted octanol–water partition coefficient (Wildman–Crippen LogP) is 1.04. The Morgan fingerprint density at radius 3 is 2.81 bits per heavy atom. The molecule has 1 N–H and O–H groups in total. The van der Waals surface area contributed by atoms with Gasteiger partial charge in [0.25, 0.3) is 0 Å². The Labute approximate surface area is 94.0 Å². The lowest BCUT2D eigenvalue weighted by molar-refractivity contribution is -0.147. The van der Waals surface area contributed by atoms with Gasteiger partial charge in [0.05, 0.1) is 6.20 Å². The van der Waals surface area contributed by atoms with E-state index in [1.54, 1.807) is 10.9 Å². The molecule has 1 aliphatic heterocycles. The van der Waals surface area contributed by atoms with Gasteiger partial charge in [-0.2, -0.15) is 5.10 Å². The highest BCUT2D eigenvalue weighted by molar-refractivity contribution is 5.81. The van der Waals surface area contributed by atoms with Gasteiger partial charge in [0.1, 0.15) is 5.41 Å². The lowest BCUT2D eigenvalue weighted by Gasteiger charge is -2.32. The molecule has 0 bridgehead atoms. The van der Waals surface area contributed by atoms with Gasteiger partial charge < -0.3 is 9.84 Å². The molecular weight excluding hydrogens is 208 g/mol. The van der Waals surface area contributed by atoms with Crippen LogP contribution in [0.15, 0.2) is 12.4 Å². The van der Waals surface area contributed by atoms with Gasteiger partial charge >= 0.3 is 5.97 Å². The molecule has 0 amide bonds. The van der Waals surface area contributed by atoms with Crippen LogP contribution in [0.4, 0.5) is 0 Å². The highest BCUT2D eigenvalue weighted by atomic mass is 16.5. The maximum absolute atomic E-state index is 11.5. The van der Waals surface area contributed by atoms with Crippen LogP contribution >= 0.6 is 0 Å². The predicted molar refractivity (Wildman–Crippen MR) is 57.3 cm³/mol. The summed E-state index contributed by atoms with van der Waals surface area (Å²) in [4.78, 5) is 11.5. The van der Waals surface area contributed by atoms with E-state index in [1.165, 1.54) is 0 Å². The molecule has 2 rings (SSSR count). The average molecular weight is 224 g/mol. The number of aryl methyl sites for hydroxylation is 1. The maximum Gasteiger partial charge on any atom is 0.314 e. The fourth-order valence-corrected chi connectivity index (χ4v) is 2.13. The van der Waals surface area contributed by atoms with Gasteiger partial charge in [-0.3, -0.25) is 9.48 Å². The first-order chi connectivity index (χ1) is 7.69. The molecule has 1 fully saturated rings. The summed E-state index contributed by atoms with van der Waals surface area (Å²) < 4.78 is 7.00. The van der Waals surface area contributed by atoms with Crippen molar-refractivity contribution in [2.45, 2.75) is 31.7 Å². The van der Waals surface area contributed by atoms with Crippen LogP contribution in [0.5, 0.6) is 0 Å². The first kappa shape index (κ1) is 11.1. The molecule has 5 heteroatoms. The van der Waals surface area contributed by atoms with E-state index in [1.807, 2.05) is 13.1 Å². The number of carboxylic acids is 1. The van der Waals surface area contributed by atoms with E-state index in [-0.39, 0.29) is 0 Å². The van der Waals surface area contributed by atoms with Crippen LogP contribution in [0, 0.1) is 0 Å². The molecule has 0 atom stereocenters. The van der Waals surface area contributed by atoms with Crippen molar-refractivity contribution in [1.82, 2.24) is 9.78 Å². The second-order valence-electron chi connectivity index (χ2n) is 4.08.